The number of imide groups is 1. The van der Waals surface area contributed by atoms with Crippen LogP contribution in [0.15, 0.2) is 48.5 Å². The van der Waals surface area contributed by atoms with Crippen LogP contribution in [0.25, 0.3) is 11.0 Å². The van der Waals surface area contributed by atoms with Crippen LogP contribution in [0.3, 0.4) is 0 Å². The quantitative estimate of drug-likeness (QED) is 0.670. The molecule has 1 aliphatic rings. The van der Waals surface area contributed by atoms with Crippen LogP contribution >= 0.6 is 0 Å². The first-order chi connectivity index (χ1) is 13.4. The van der Waals surface area contributed by atoms with Crippen LogP contribution in [0, 0.1) is 0 Å². The van der Waals surface area contributed by atoms with Crippen molar-refractivity contribution in [1.82, 2.24) is 30.7 Å². The van der Waals surface area contributed by atoms with E-state index in [9.17, 15) is 14.4 Å². The van der Waals surface area contributed by atoms with Gasteiger partial charge in [0.2, 0.25) is 0 Å². The molecule has 4 amide bonds. The fourth-order valence-corrected chi connectivity index (χ4v) is 3.22. The topological polar surface area (TPSA) is 109 Å². The Morgan fingerprint density at radius 1 is 1.18 bits per heavy atom. The highest BCUT2D eigenvalue weighted by atomic mass is 16.2. The van der Waals surface area contributed by atoms with Crippen molar-refractivity contribution in [2.24, 2.45) is 0 Å². The molecule has 1 aliphatic heterocycles. The maximum Gasteiger partial charge on any atom is 0.344 e. The lowest BCUT2D eigenvalue weighted by Gasteiger charge is -2.22. The number of hydrogen-bond donors (Lipinski definition) is 2. The molecule has 0 radical (unpaired) electrons. The molecule has 2 aromatic carbocycles. The van der Waals surface area contributed by atoms with Crippen LogP contribution in [-0.4, -0.2) is 37.8 Å². The second-order valence-corrected chi connectivity index (χ2v) is 6.61. The Morgan fingerprint density at radius 3 is 2.64 bits per heavy atom. The van der Waals surface area contributed by atoms with Crippen molar-refractivity contribution in [2.75, 3.05) is 0 Å². The van der Waals surface area contributed by atoms with Gasteiger partial charge in [-0.25, -0.2) is 9.48 Å². The number of fused-ring (bicyclic) bond motifs is 1. The summed E-state index contributed by atoms with van der Waals surface area (Å²) in [6.45, 7) is 4.20. The molecule has 1 aromatic heterocycles. The van der Waals surface area contributed by atoms with Crippen LogP contribution in [0.1, 0.15) is 29.8 Å². The van der Waals surface area contributed by atoms with Crippen molar-refractivity contribution in [3.8, 4) is 0 Å². The highest BCUT2D eigenvalue weighted by molar-refractivity contribution is 6.09. The molecule has 142 valence electrons. The second-order valence-electron chi connectivity index (χ2n) is 6.61. The molecule has 0 aliphatic carbocycles. The number of rotatable bonds is 4. The number of nitrogens with zero attached hydrogens (tertiary/aromatic N) is 4. The first-order valence-electron chi connectivity index (χ1n) is 8.80. The van der Waals surface area contributed by atoms with Gasteiger partial charge in [0.15, 0.2) is 0 Å². The Morgan fingerprint density at radius 2 is 1.93 bits per heavy atom. The Bertz CT molecular complexity index is 1090. The van der Waals surface area contributed by atoms with E-state index >= 15 is 0 Å². The minimum Gasteiger partial charge on any atom is -0.318 e. The van der Waals surface area contributed by atoms with Crippen molar-refractivity contribution in [2.45, 2.75) is 25.9 Å². The predicted molar refractivity (Wildman–Crippen MR) is 99.8 cm³/mol. The van der Waals surface area contributed by atoms with Gasteiger partial charge < -0.3 is 5.32 Å². The van der Waals surface area contributed by atoms with Gasteiger partial charge in [-0.05, 0) is 37.6 Å². The molecule has 1 unspecified atom stereocenters. The summed E-state index contributed by atoms with van der Waals surface area (Å²) in [7, 11) is 0. The van der Waals surface area contributed by atoms with E-state index in [1.807, 2.05) is 13.0 Å². The van der Waals surface area contributed by atoms with Crippen LogP contribution in [0.2, 0.25) is 0 Å². The Kier molecular flexibility index (Phi) is 4.07. The highest BCUT2D eigenvalue weighted by Gasteiger charge is 2.50. The van der Waals surface area contributed by atoms with Gasteiger partial charge in [0.05, 0.1) is 5.52 Å². The smallest absolute Gasteiger partial charge is 0.318 e. The maximum absolute atomic E-state index is 12.9. The molecule has 0 saturated carbocycles. The van der Waals surface area contributed by atoms with Gasteiger partial charge in [0, 0.05) is 12.1 Å². The summed E-state index contributed by atoms with van der Waals surface area (Å²) < 4.78 is 1.71. The van der Waals surface area contributed by atoms with E-state index in [0.717, 1.165) is 5.52 Å². The van der Waals surface area contributed by atoms with Crippen LogP contribution in [0.5, 0.6) is 0 Å². The van der Waals surface area contributed by atoms with E-state index in [2.05, 4.69) is 21.1 Å². The van der Waals surface area contributed by atoms with Gasteiger partial charge in [0.1, 0.15) is 11.1 Å². The summed E-state index contributed by atoms with van der Waals surface area (Å²) in [5.74, 6) is -1.15. The second kappa shape index (κ2) is 6.45. The standard InChI is InChI=1S/C19H18N6O3/c1-3-24-15-10-9-12(11-14(15)21-23-24)16(26)22-25-17(27)19(2,20-18(25)28)13-7-5-4-6-8-13/h4-11H,3H2,1-2H3,(H,20,28)(H,22,26). The number of carbonyl (C=O) groups is 3. The Hall–Kier alpha value is -3.75. The molecule has 9 heteroatoms. The van der Waals surface area contributed by atoms with E-state index in [1.54, 1.807) is 54.1 Å². The molecule has 9 nitrogen and oxygen atoms in total. The summed E-state index contributed by atoms with van der Waals surface area (Å²) in [5, 5.41) is 11.4. The van der Waals surface area contributed by atoms with Gasteiger partial charge in [-0.3, -0.25) is 15.0 Å². The zero-order valence-electron chi connectivity index (χ0n) is 15.3. The number of hydrogen-bond acceptors (Lipinski definition) is 5. The average molecular weight is 378 g/mol. The Balaban J connectivity index is 1.58. The molecule has 2 heterocycles. The summed E-state index contributed by atoms with van der Waals surface area (Å²) in [6, 6.07) is 13.1. The average Bonchev–Trinajstić information content (AvgIpc) is 3.22. The zero-order valence-corrected chi connectivity index (χ0v) is 15.3. The molecular weight excluding hydrogens is 360 g/mol. The Labute approximate surface area is 160 Å². The van der Waals surface area contributed by atoms with E-state index in [1.165, 1.54) is 0 Å². The van der Waals surface area contributed by atoms with Gasteiger partial charge in [0.25, 0.3) is 11.8 Å². The van der Waals surface area contributed by atoms with Crippen molar-refractivity contribution >= 4 is 28.9 Å². The molecule has 2 N–H and O–H groups in total. The number of hydrazine groups is 1. The van der Waals surface area contributed by atoms with E-state index in [-0.39, 0.29) is 5.56 Å². The minimum absolute atomic E-state index is 0.268. The maximum atomic E-state index is 12.9. The van der Waals surface area contributed by atoms with Gasteiger partial charge in [-0.15, -0.1) is 5.10 Å². The number of amides is 4. The number of benzene rings is 2. The number of aromatic nitrogens is 3. The normalized spacial score (nSPS) is 19.1. The number of urea groups is 1. The summed E-state index contributed by atoms with van der Waals surface area (Å²) in [6.07, 6.45) is 0. The zero-order chi connectivity index (χ0) is 19.9. The third-order valence-electron chi connectivity index (χ3n) is 4.83. The summed E-state index contributed by atoms with van der Waals surface area (Å²) >= 11 is 0. The lowest BCUT2D eigenvalue weighted by molar-refractivity contribution is -0.132. The van der Waals surface area contributed by atoms with E-state index in [0.29, 0.717) is 22.6 Å². The molecular formula is C19H18N6O3. The summed E-state index contributed by atoms with van der Waals surface area (Å²) in [5.41, 5.74) is 3.38. The largest absolute Gasteiger partial charge is 0.344 e. The fourth-order valence-electron chi connectivity index (χ4n) is 3.22. The van der Waals surface area contributed by atoms with Gasteiger partial charge >= 0.3 is 6.03 Å². The van der Waals surface area contributed by atoms with Gasteiger partial charge in [-0.1, -0.05) is 35.5 Å². The first kappa shape index (κ1) is 17.7. The first-order valence-corrected chi connectivity index (χ1v) is 8.80. The molecule has 0 bridgehead atoms. The van der Waals surface area contributed by atoms with Crippen LogP contribution in [-0.2, 0) is 16.9 Å². The predicted octanol–water partition coefficient (Wildman–Crippen LogP) is 1.56. The molecule has 0 spiro atoms. The highest BCUT2D eigenvalue weighted by Crippen LogP contribution is 2.27. The molecule has 1 saturated heterocycles. The van der Waals surface area contributed by atoms with E-state index < -0.39 is 23.4 Å². The van der Waals surface area contributed by atoms with Gasteiger partial charge in [-0.2, -0.15) is 5.01 Å². The van der Waals surface area contributed by atoms with Crippen LogP contribution in [0.4, 0.5) is 4.79 Å². The third-order valence-corrected chi connectivity index (χ3v) is 4.83. The van der Waals surface area contributed by atoms with Crippen molar-refractivity contribution in [3.63, 3.8) is 0 Å². The molecule has 4 rings (SSSR count). The molecule has 3 aromatic rings. The number of aryl methyl sites for hydroxylation is 1. The van der Waals surface area contributed by atoms with Crippen molar-refractivity contribution in [3.05, 3.63) is 59.7 Å². The van der Waals surface area contributed by atoms with Crippen molar-refractivity contribution < 1.29 is 14.4 Å². The SMILES string of the molecule is CCn1nnc2cc(C(=O)NN3C(=O)NC(C)(c4ccccc4)C3=O)ccc21. The molecule has 1 atom stereocenters. The molecule has 1 fully saturated rings. The minimum atomic E-state index is -1.25. The number of nitrogens with one attached hydrogen (secondary N) is 2. The lowest BCUT2D eigenvalue weighted by Crippen LogP contribution is -2.47. The van der Waals surface area contributed by atoms with E-state index in [4.69, 9.17) is 0 Å². The monoisotopic (exact) mass is 378 g/mol. The van der Waals surface area contributed by atoms with Crippen molar-refractivity contribution in [1.29, 1.82) is 0 Å². The lowest BCUT2D eigenvalue weighted by atomic mass is 9.92. The van der Waals surface area contributed by atoms with Crippen LogP contribution < -0.4 is 10.7 Å². The number of carbonyl (C=O) groups excluding carboxylic acids is 3. The fraction of sp³-hybridized carbons (Fsp3) is 0.211. The third kappa shape index (κ3) is 2.68. The summed E-state index contributed by atoms with van der Waals surface area (Å²) in [4.78, 5) is 37.8. The molecule has 28 heavy (non-hydrogen) atoms.